The molecule has 0 amide bonds. The van der Waals surface area contributed by atoms with E-state index < -0.39 is 17.2 Å². The number of methoxy groups -OCH3 is 1. The second-order valence-electron chi connectivity index (χ2n) is 5.27. The summed E-state index contributed by atoms with van der Waals surface area (Å²) < 4.78 is 18.0. The third kappa shape index (κ3) is 4.41. The van der Waals surface area contributed by atoms with Gasteiger partial charge in [0.15, 0.2) is 5.78 Å². The number of carbonyl (C=O) groups is 2. The Bertz CT molecular complexity index is 554. The lowest BCUT2D eigenvalue weighted by Crippen LogP contribution is -2.38. The summed E-state index contributed by atoms with van der Waals surface area (Å²) >= 11 is 0. The minimum atomic E-state index is -1.38. The third-order valence-corrected chi connectivity index (χ3v) is 3.15. The van der Waals surface area contributed by atoms with E-state index in [1.807, 2.05) is 0 Å². The Labute approximate surface area is 124 Å². The molecule has 1 atom stereocenters. The SMILES string of the molecule is COC(=O)C(C)(Cc1cccc(F)c1)C(=O)/C=C/N(C)C. The fraction of sp³-hybridized carbons (Fsp3) is 0.375. The van der Waals surface area contributed by atoms with Gasteiger partial charge < -0.3 is 9.64 Å². The molecule has 0 saturated heterocycles. The van der Waals surface area contributed by atoms with E-state index in [9.17, 15) is 14.0 Å². The number of carbonyl (C=O) groups excluding carboxylic acids is 2. The van der Waals surface area contributed by atoms with Crippen molar-refractivity contribution in [3.63, 3.8) is 0 Å². The first kappa shape index (κ1) is 16.9. The first-order valence-corrected chi connectivity index (χ1v) is 6.51. The normalized spacial score (nSPS) is 13.8. The van der Waals surface area contributed by atoms with Crippen LogP contribution in [0, 0.1) is 11.2 Å². The van der Waals surface area contributed by atoms with Crippen LogP contribution in [0.15, 0.2) is 36.5 Å². The second-order valence-corrected chi connectivity index (χ2v) is 5.27. The van der Waals surface area contributed by atoms with Gasteiger partial charge in [-0.1, -0.05) is 12.1 Å². The number of hydrogen-bond donors (Lipinski definition) is 0. The average Bonchev–Trinajstić information content (AvgIpc) is 2.43. The van der Waals surface area contributed by atoms with Crippen LogP contribution in [-0.2, 0) is 20.7 Å². The Morgan fingerprint density at radius 1 is 1.38 bits per heavy atom. The van der Waals surface area contributed by atoms with Crippen molar-refractivity contribution < 1.29 is 18.7 Å². The highest BCUT2D eigenvalue weighted by atomic mass is 19.1. The highest BCUT2D eigenvalue weighted by Gasteiger charge is 2.40. The Morgan fingerprint density at radius 3 is 2.57 bits per heavy atom. The molecule has 1 aromatic carbocycles. The Balaban J connectivity index is 3.09. The van der Waals surface area contributed by atoms with Crippen molar-refractivity contribution in [3.05, 3.63) is 47.9 Å². The molecule has 0 aliphatic carbocycles. The van der Waals surface area contributed by atoms with Gasteiger partial charge in [0, 0.05) is 20.3 Å². The summed E-state index contributed by atoms with van der Waals surface area (Å²) in [6.07, 6.45) is 2.97. The van der Waals surface area contributed by atoms with E-state index >= 15 is 0 Å². The van der Waals surface area contributed by atoms with Gasteiger partial charge in [0.05, 0.1) is 7.11 Å². The number of hydrogen-bond acceptors (Lipinski definition) is 4. The molecule has 5 heteroatoms. The number of ketones is 1. The van der Waals surface area contributed by atoms with Crippen LogP contribution in [0.25, 0.3) is 0 Å². The van der Waals surface area contributed by atoms with Gasteiger partial charge in [-0.2, -0.15) is 0 Å². The van der Waals surface area contributed by atoms with Gasteiger partial charge in [0.25, 0.3) is 0 Å². The van der Waals surface area contributed by atoms with Crippen molar-refractivity contribution in [2.75, 3.05) is 21.2 Å². The largest absolute Gasteiger partial charge is 0.468 e. The number of nitrogens with zero attached hydrogens (tertiary/aromatic N) is 1. The van der Waals surface area contributed by atoms with Crippen LogP contribution in [0.4, 0.5) is 4.39 Å². The lowest BCUT2D eigenvalue weighted by molar-refractivity contribution is -0.155. The van der Waals surface area contributed by atoms with Crippen LogP contribution >= 0.6 is 0 Å². The van der Waals surface area contributed by atoms with E-state index in [4.69, 9.17) is 4.74 Å². The molecule has 1 aromatic rings. The van der Waals surface area contributed by atoms with Crippen LogP contribution in [-0.4, -0.2) is 37.9 Å². The number of rotatable bonds is 6. The zero-order valence-corrected chi connectivity index (χ0v) is 12.7. The molecule has 0 fully saturated rings. The van der Waals surface area contributed by atoms with Crippen molar-refractivity contribution in [2.24, 2.45) is 5.41 Å². The minimum Gasteiger partial charge on any atom is -0.468 e. The van der Waals surface area contributed by atoms with E-state index in [-0.39, 0.29) is 12.2 Å². The van der Waals surface area contributed by atoms with E-state index in [0.717, 1.165) is 0 Å². The Kier molecular flexibility index (Phi) is 5.64. The molecular formula is C16H20FNO3. The Morgan fingerprint density at radius 2 is 2.05 bits per heavy atom. The Hall–Kier alpha value is -2.17. The number of allylic oxidation sites excluding steroid dienone is 1. The van der Waals surface area contributed by atoms with E-state index in [0.29, 0.717) is 5.56 Å². The van der Waals surface area contributed by atoms with Gasteiger partial charge in [-0.3, -0.25) is 9.59 Å². The zero-order chi connectivity index (χ0) is 16.0. The van der Waals surface area contributed by atoms with Gasteiger partial charge in [-0.25, -0.2) is 4.39 Å². The van der Waals surface area contributed by atoms with Crippen LogP contribution in [0.2, 0.25) is 0 Å². The van der Waals surface area contributed by atoms with Crippen molar-refractivity contribution in [1.82, 2.24) is 4.90 Å². The molecule has 1 rings (SSSR count). The quantitative estimate of drug-likeness (QED) is 0.458. The molecule has 0 saturated carbocycles. The number of benzene rings is 1. The van der Waals surface area contributed by atoms with Gasteiger partial charge in [0.1, 0.15) is 11.2 Å². The topological polar surface area (TPSA) is 46.6 Å². The van der Waals surface area contributed by atoms with Crippen molar-refractivity contribution in [3.8, 4) is 0 Å². The summed E-state index contributed by atoms with van der Waals surface area (Å²) in [7, 11) is 4.77. The molecule has 0 spiro atoms. The summed E-state index contributed by atoms with van der Waals surface area (Å²) in [6, 6.07) is 5.84. The molecule has 0 bridgehead atoms. The maximum Gasteiger partial charge on any atom is 0.319 e. The minimum absolute atomic E-state index is 0.0774. The number of esters is 1. The van der Waals surface area contributed by atoms with E-state index in [1.165, 1.54) is 32.2 Å². The predicted molar refractivity (Wildman–Crippen MR) is 78.1 cm³/mol. The summed E-state index contributed by atoms with van der Waals surface area (Å²) in [5.41, 5.74) is -0.816. The maximum atomic E-state index is 13.3. The molecule has 0 aliphatic heterocycles. The zero-order valence-electron chi connectivity index (χ0n) is 12.7. The molecule has 0 N–H and O–H groups in total. The fourth-order valence-corrected chi connectivity index (χ4v) is 1.94. The standard InChI is InChI=1S/C16H20FNO3/c1-16(15(20)21-4,14(19)8-9-18(2)3)11-12-6-5-7-13(17)10-12/h5-10H,11H2,1-4H3/b9-8+. The lowest BCUT2D eigenvalue weighted by Gasteiger charge is -2.24. The van der Waals surface area contributed by atoms with Gasteiger partial charge in [-0.05, 0) is 37.1 Å². The monoisotopic (exact) mass is 293 g/mol. The van der Waals surface area contributed by atoms with Gasteiger partial charge in [0.2, 0.25) is 0 Å². The highest BCUT2D eigenvalue weighted by molar-refractivity contribution is 6.09. The van der Waals surface area contributed by atoms with Gasteiger partial charge >= 0.3 is 5.97 Å². The summed E-state index contributed by atoms with van der Waals surface area (Å²) in [6.45, 7) is 1.51. The highest BCUT2D eigenvalue weighted by Crippen LogP contribution is 2.26. The van der Waals surface area contributed by atoms with E-state index in [1.54, 1.807) is 37.3 Å². The summed E-state index contributed by atoms with van der Waals surface area (Å²) in [4.78, 5) is 26.1. The van der Waals surface area contributed by atoms with Crippen LogP contribution in [0.5, 0.6) is 0 Å². The first-order valence-electron chi connectivity index (χ1n) is 6.51. The molecule has 0 radical (unpaired) electrons. The van der Waals surface area contributed by atoms with Crippen LogP contribution < -0.4 is 0 Å². The summed E-state index contributed by atoms with van der Waals surface area (Å²) in [5, 5.41) is 0. The second kappa shape index (κ2) is 7.02. The number of ether oxygens (including phenoxy) is 1. The molecule has 0 heterocycles. The molecular weight excluding hydrogens is 273 g/mol. The average molecular weight is 293 g/mol. The van der Waals surface area contributed by atoms with Crippen molar-refractivity contribution >= 4 is 11.8 Å². The molecule has 0 aliphatic rings. The smallest absolute Gasteiger partial charge is 0.319 e. The van der Waals surface area contributed by atoms with Crippen LogP contribution in [0.1, 0.15) is 12.5 Å². The van der Waals surface area contributed by atoms with Crippen molar-refractivity contribution in [1.29, 1.82) is 0 Å². The maximum absolute atomic E-state index is 13.3. The first-order chi connectivity index (χ1) is 9.79. The fourth-order valence-electron chi connectivity index (χ4n) is 1.94. The van der Waals surface area contributed by atoms with Crippen molar-refractivity contribution in [2.45, 2.75) is 13.3 Å². The molecule has 1 unspecified atom stereocenters. The third-order valence-electron chi connectivity index (χ3n) is 3.15. The lowest BCUT2D eigenvalue weighted by atomic mass is 9.79. The summed E-state index contributed by atoms with van der Waals surface area (Å²) in [5.74, 6) is -1.43. The molecule has 114 valence electrons. The molecule has 21 heavy (non-hydrogen) atoms. The van der Waals surface area contributed by atoms with E-state index in [2.05, 4.69) is 0 Å². The number of halogens is 1. The van der Waals surface area contributed by atoms with Crippen LogP contribution in [0.3, 0.4) is 0 Å². The molecule has 4 nitrogen and oxygen atoms in total. The molecule has 0 aromatic heterocycles. The predicted octanol–water partition coefficient (Wildman–Crippen LogP) is 2.19. The van der Waals surface area contributed by atoms with Gasteiger partial charge in [-0.15, -0.1) is 0 Å².